The second-order valence-electron chi connectivity index (χ2n) is 4.27. The first-order chi connectivity index (χ1) is 10.3. The van der Waals surface area contributed by atoms with Gasteiger partial charge >= 0.3 is 6.18 Å². The van der Waals surface area contributed by atoms with Crippen molar-refractivity contribution < 1.29 is 13.2 Å². The van der Waals surface area contributed by atoms with E-state index in [1.54, 1.807) is 6.92 Å². The van der Waals surface area contributed by atoms with Gasteiger partial charge in [0.25, 0.3) is 0 Å². The van der Waals surface area contributed by atoms with Gasteiger partial charge in [0, 0.05) is 28.3 Å². The molecule has 0 aliphatic heterocycles. The van der Waals surface area contributed by atoms with Crippen molar-refractivity contribution in [2.45, 2.75) is 13.1 Å². The summed E-state index contributed by atoms with van der Waals surface area (Å²) in [6.07, 6.45) is -4.57. The highest BCUT2D eigenvalue weighted by Crippen LogP contribution is 2.31. The number of hydrogen-bond donors (Lipinski definition) is 2. The number of hydrogen-bond acceptors (Lipinski definition) is 4. The summed E-state index contributed by atoms with van der Waals surface area (Å²) in [5, 5.41) is 6.10. The number of halogens is 5. The minimum atomic E-state index is -4.57. The normalized spacial score (nSPS) is 11.4. The van der Waals surface area contributed by atoms with Crippen LogP contribution in [-0.2, 0) is 6.18 Å². The van der Waals surface area contributed by atoms with E-state index in [2.05, 4.69) is 20.6 Å². The molecule has 0 saturated heterocycles. The van der Waals surface area contributed by atoms with Gasteiger partial charge in [0.15, 0.2) is 5.69 Å². The molecule has 0 amide bonds. The number of nitrogens with zero attached hydrogens (tertiary/aromatic N) is 2. The predicted molar refractivity (Wildman–Crippen MR) is 80.9 cm³/mol. The van der Waals surface area contributed by atoms with Crippen LogP contribution in [0.25, 0.3) is 0 Å². The van der Waals surface area contributed by atoms with Gasteiger partial charge in [-0.25, -0.2) is 4.98 Å². The molecular weight excluding hydrogens is 340 g/mol. The smallest absolute Gasteiger partial charge is 0.354 e. The highest BCUT2D eigenvalue weighted by atomic mass is 35.5. The summed E-state index contributed by atoms with van der Waals surface area (Å²) in [5.74, 6) is -0.135. The summed E-state index contributed by atoms with van der Waals surface area (Å²) in [5.41, 5.74) is -0.624. The monoisotopic (exact) mass is 350 g/mol. The highest BCUT2D eigenvalue weighted by Gasteiger charge is 2.33. The Hall–Kier alpha value is -1.73. The largest absolute Gasteiger partial charge is 0.433 e. The van der Waals surface area contributed by atoms with Crippen molar-refractivity contribution in [3.8, 4) is 0 Å². The molecule has 0 aliphatic carbocycles. The Bertz CT molecular complexity index is 657. The van der Waals surface area contributed by atoms with Crippen LogP contribution in [0.2, 0.25) is 10.0 Å². The summed E-state index contributed by atoms with van der Waals surface area (Å²) in [7, 11) is 0. The Balaban J connectivity index is 2.38. The van der Waals surface area contributed by atoms with Crippen molar-refractivity contribution >= 4 is 40.7 Å². The van der Waals surface area contributed by atoms with E-state index in [1.165, 1.54) is 18.2 Å². The topological polar surface area (TPSA) is 49.8 Å². The third-order valence-corrected chi connectivity index (χ3v) is 2.92. The lowest BCUT2D eigenvalue weighted by atomic mass is 10.3. The summed E-state index contributed by atoms with van der Waals surface area (Å²) >= 11 is 11.7. The average molecular weight is 351 g/mol. The van der Waals surface area contributed by atoms with Gasteiger partial charge in [0.1, 0.15) is 5.82 Å². The summed E-state index contributed by atoms with van der Waals surface area (Å²) in [4.78, 5) is 7.40. The van der Waals surface area contributed by atoms with Gasteiger partial charge in [0.05, 0.1) is 0 Å². The van der Waals surface area contributed by atoms with Gasteiger partial charge in [-0.2, -0.15) is 18.2 Å². The van der Waals surface area contributed by atoms with Crippen LogP contribution in [0.4, 0.5) is 30.6 Å². The molecule has 0 radical (unpaired) electrons. The fraction of sp³-hybridized carbons (Fsp3) is 0.231. The van der Waals surface area contributed by atoms with E-state index < -0.39 is 11.9 Å². The summed E-state index contributed by atoms with van der Waals surface area (Å²) in [6, 6.07) is 5.38. The first-order valence-corrected chi connectivity index (χ1v) is 6.97. The Morgan fingerprint density at radius 3 is 2.23 bits per heavy atom. The molecule has 4 nitrogen and oxygen atoms in total. The molecule has 118 valence electrons. The molecule has 1 aromatic heterocycles. The Morgan fingerprint density at radius 2 is 1.68 bits per heavy atom. The third-order valence-electron chi connectivity index (χ3n) is 2.49. The molecule has 22 heavy (non-hydrogen) atoms. The van der Waals surface area contributed by atoms with Crippen LogP contribution in [0.15, 0.2) is 24.3 Å². The number of anilines is 3. The van der Waals surface area contributed by atoms with Crippen LogP contribution >= 0.6 is 23.2 Å². The number of rotatable bonds is 4. The molecule has 1 aromatic carbocycles. The minimum absolute atomic E-state index is 0.0170. The molecule has 9 heteroatoms. The van der Waals surface area contributed by atoms with Crippen LogP contribution in [0.5, 0.6) is 0 Å². The van der Waals surface area contributed by atoms with Gasteiger partial charge < -0.3 is 10.6 Å². The number of benzene rings is 1. The highest BCUT2D eigenvalue weighted by molar-refractivity contribution is 6.35. The maximum Gasteiger partial charge on any atom is 0.433 e. The fourth-order valence-electron chi connectivity index (χ4n) is 1.67. The van der Waals surface area contributed by atoms with Crippen LogP contribution in [-0.4, -0.2) is 16.5 Å². The van der Waals surface area contributed by atoms with E-state index in [-0.39, 0.29) is 11.8 Å². The lowest BCUT2D eigenvalue weighted by molar-refractivity contribution is -0.141. The molecule has 0 spiro atoms. The second kappa shape index (κ2) is 6.58. The van der Waals surface area contributed by atoms with Crippen LogP contribution in [0.1, 0.15) is 12.6 Å². The zero-order valence-electron chi connectivity index (χ0n) is 11.3. The Morgan fingerprint density at radius 1 is 1.05 bits per heavy atom. The molecule has 1 heterocycles. The fourth-order valence-corrected chi connectivity index (χ4v) is 2.19. The average Bonchev–Trinajstić information content (AvgIpc) is 2.36. The maximum absolute atomic E-state index is 12.9. The predicted octanol–water partition coefficient (Wildman–Crippen LogP) is 4.98. The maximum atomic E-state index is 12.9. The van der Waals surface area contributed by atoms with Gasteiger partial charge in [0.2, 0.25) is 5.95 Å². The quantitative estimate of drug-likeness (QED) is 0.816. The summed E-state index contributed by atoms with van der Waals surface area (Å²) < 4.78 is 38.6. The van der Waals surface area contributed by atoms with Crippen LogP contribution < -0.4 is 10.6 Å². The zero-order chi connectivity index (χ0) is 16.3. The molecule has 2 N–H and O–H groups in total. The Labute approximate surface area is 134 Å². The Kier molecular flexibility index (Phi) is 4.97. The lowest BCUT2D eigenvalue weighted by Crippen LogP contribution is -2.13. The first-order valence-electron chi connectivity index (χ1n) is 6.21. The third kappa shape index (κ3) is 4.38. The van der Waals surface area contributed by atoms with Crippen LogP contribution in [0.3, 0.4) is 0 Å². The van der Waals surface area contributed by atoms with E-state index in [0.29, 0.717) is 22.3 Å². The van der Waals surface area contributed by atoms with Crippen molar-refractivity contribution in [1.29, 1.82) is 0 Å². The molecule has 0 saturated carbocycles. The second-order valence-corrected chi connectivity index (χ2v) is 5.15. The van der Waals surface area contributed by atoms with Gasteiger partial charge in [-0.1, -0.05) is 23.2 Å². The van der Waals surface area contributed by atoms with Crippen molar-refractivity contribution in [1.82, 2.24) is 9.97 Å². The molecule has 0 unspecified atom stereocenters. The molecular formula is C13H11Cl2F3N4. The van der Waals surface area contributed by atoms with E-state index in [9.17, 15) is 13.2 Å². The van der Waals surface area contributed by atoms with Crippen molar-refractivity contribution in [3.63, 3.8) is 0 Å². The molecule has 2 aromatic rings. The van der Waals surface area contributed by atoms with Crippen LogP contribution in [0, 0.1) is 0 Å². The number of alkyl halides is 3. The van der Waals surface area contributed by atoms with E-state index >= 15 is 0 Å². The zero-order valence-corrected chi connectivity index (χ0v) is 12.8. The van der Waals surface area contributed by atoms with Crippen molar-refractivity contribution in [2.24, 2.45) is 0 Å². The SMILES string of the molecule is CCNc1nc(Nc2cc(Cl)cc(Cl)c2)cc(C(F)(F)F)n1. The lowest BCUT2D eigenvalue weighted by Gasteiger charge is -2.12. The number of nitrogens with one attached hydrogen (secondary N) is 2. The van der Waals surface area contributed by atoms with Gasteiger partial charge in [-0.3, -0.25) is 0 Å². The van der Waals surface area contributed by atoms with E-state index in [4.69, 9.17) is 23.2 Å². The molecule has 0 fully saturated rings. The molecule has 2 rings (SSSR count). The van der Waals surface area contributed by atoms with Crippen molar-refractivity contribution in [3.05, 3.63) is 40.0 Å². The number of aromatic nitrogens is 2. The molecule has 0 bridgehead atoms. The van der Waals surface area contributed by atoms with Crippen molar-refractivity contribution in [2.75, 3.05) is 17.2 Å². The molecule has 0 atom stereocenters. The standard InChI is InChI=1S/C13H11Cl2F3N4/c1-2-19-12-21-10(13(16,17)18)6-11(22-12)20-9-4-7(14)3-8(15)5-9/h3-6H,2H2,1H3,(H2,19,20,21,22). The van der Waals surface area contributed by atoms with Gasteiger partial charge in [-0.05, 0) is 25.1 Å². The minimum Gasteiger partial charge on any atom is -0.354 e. The van der Waals surface area contributed by atoms with E-state index in [0.717, 1.165) is 6.07 Å². The van der Waals surface area contributed by atoms with Gasteiger partial charge in [-0.15, -0.1) is 0 Å². The molecule has 0 aliphatic rings. The van der Waals surface area contributed by atoms with E-state index in [1.807, 2.05) is 0 Å². The first kappa shape index (κ1) is 16.6. The summed E-state index contributed by atoms with van der Waals surface area (Å²) in [6.45, 7) is 2.12.